The molecule has 0 spiro atoms. The number of anilines is 1. The molecule has 0 saturated heterocycles. The number of carboxylic acids is 1. The number of rotatable bonds is 6. The van der Waals surface area contributed by atoms with Crippen molar-refractivity contribution in [3.63, 3.8) is 0 Å². The molecule has 0 saturated carbocycles. The van der Waals surface area contributed by atoms with Crippen molar-refractivity contribution in [1.29, 1.82) is 0 Å². The van der Waals surface area contributed by atoms with Crippen molar-refractivity contribution < 1.29 is 15.0 Å². The number of pyridine rings is 1. The monoisotopic (exact) mass is 370 g/mol. The number of hydrogen-bond donors (Lipinski definition) is 3. The first kappa shape index (κ1) is 17.8. The van der Waals surface area contributed by atoms with Gasteiger partial charge in [0.1, 0.15) is 0 Å². The van der Waals surface area contributed by atoms with Crippen LogP contribution < -0.4 is 5.32 Å². The van der Waals surface area contributed by atoms with Crippen LogP contribution in [0.1, 0.15) is 22.0 Å². The summed E-state index contributed by atoms with van der Waals surface area (Å²) in [5.41, 5.74) is 1.62. The minimum absolute atomic E-state index is 0.122. The average molecular weight is 371 g/mol. The zero-order chi connectivity index (χ0) is 18.5. The molecule has 2 heterocycles. The Bertz CT molecular complexity index is 936. The highest BCUT2D eigenvalue weighted by Gasteiger charge is 2.12. The maximum absolute atomic E-state index is 11.1. The summed E-state index contributed by atoms with van der Waals surface area (Å²) in [4.78, 5) is 23.6. The van der Waals surface area contributed by atoms with Gasteiger partial charge in [-0.05, 0) is 24.3 Å². The van der Waals surface area contributed by atoms with E-state index in [2.05, 4.69) is 20.3 Å². The molecule has 0 amide bonds. The van der Waals surface area contributed by atoms with E-state index in [9.17, 15) is 9.90 Å². The standard InChI is InChI=1S/C18H15ClN4O3/c19-13-4-2-1-3-12(13)16(24)10-22-18-21-8-6-14(23-18)15-9-11(17(25)26)5-7-20-15/h1-9,16,24H,10H2,(H,25,26)(H,21,22,23). The lowest BCUT2D eigenvalue weighted by Gasteiger charge is -2.13. The lowest BCUT2D eigenvalue weighted by atomic mass is 10.1. The predicted octanol–water partition coefficient (Wildman–Crippen LogP) is 3.04. The summed E-state index contributed by atoms with van der Waals surface area (Å²) in [7, 11) is 0. The smallest absolute Gasteiger partial charge is 0.335 e. The number of nitrogens with one attached hydrogen (secondary N) is 1. The van der Waals surface area contributed by atoms with Crippen molar-refractivity contribution >= 4 is 23.5 Å². The van der Waals surface area contributed by atoms with Gasteiger partial charge < -0.3 is 15.5 Å². The van der Waals surface area contributed by atoms with E-state index in [1.54, 1.807) is 30.3 Å². The molecule has 3 rings (SSSR count). The molecule has 0 aliphatic carbocycles. The number of aromatic carboxylic acids is 1. The van der Waals surface area contributed by atoms with Gasteiger partial charge in [-0.2, -0.15) is 0 Å². The largest absolute Gasteiger partial charge is 0.478 e. The molecule has 3 aromatic rings. The maximum atomic E-state index is 11.1. The van der Waals surface area contributed by atoms with Crippen molar-refractivity contribution in [1.82, 2.24) is 15.0 Å². The van der Waals surface area contributed by atoms with E-state index in [0.717, 1.165) is 0 Å². The second kappa shape index (κ2) is 7.90. The molecule has 3 N–H and O–H groups in total. The number of benzene rings is 1. The Kier molecular flexibility index (Phi) is 5.40. The number of carbonyl (C=O) groups is 1. The number of aliphatic hydroxyl groups excluding tert-OH is 1. The summed E-state index contributed by atoms with van der Waals surface area (Å²) >= 11 is 6.07. The van der Waals surface area contributed by atoms with E-state index in [4.69, 9.17) is 16.7 Å². The van der Waals surface area contributed by atoms with Gasteiger partial charge in [-0.1, -0.05) is 29.8 Å². The summed E-state index contributed by atoms with van der Waals surface area (Å²) < 4.78 is 0. The highest BCUT2D eigenvalue weighted by Crippen LogP contribution is 2.23. The van der Waals surface area contributed by atoms with Crippen LogP contribution in [0.4, 0.5) is 5.95 Å². The van der Waals surface area contributed by atoms with Gasteiger partial charge in [-0.25, -0.2) is 14.8 Å². The van der Waals surface area contributed by atoms with Gasteiger partial charge in [0.25, 0.3) is 0 Å². The molecule has 8 heteroatoms. The van der Waals surface area contributed by atoms with Gasteiger partial charge in [-0.15, -0.1) is 0 Å². The van der Waals surface area contributed by atoms with Crippen LogP contribution >= 0.6 is 11.6 Å². The lowest BCUT2D eigenvalue weighted by molar-refractivity contribution is 0.0697. The van der Waals surface area contributed by atoms with E-state index in [1.807, 2.05) is 0 Å². The zero-order valence-electron chi connectivity index (χ0n) is 13.5. The topological polar surface area (TPSA) is 108 Å². The van der Waals surface area contributed by atoms with E-state index < -0.39 is 12.1 Å². The number of hydrogen-bond acceptors (Lipinski definition) is 6. The summed E-state index contributed by atoms with van der Waals surface area (Å²) in [5, 5.41) is 22.8. The second-order valence-electron chi connectivity index (χ2n) is 5.42. The van der Waals surface area contributed by atoms with Crippen LogP contribution in [0.25, 0.3) is 11.4 Å². The molecule has 1 unspecified atom stereocenters. The number of carboxylic acid groups (broad SMARTS) is 1. The fourth-order valence-electron chi connectivity index (χ4n) is 2.33. The normalized spacial score (nSPS) is 11.8. The van der Waals surface area contributed by atoms with Crippen molar-refractivity contribution in [2.45, 2.75) is 6.10 Å². The highest BCUT2D eigenvalue weighted by atomic mass is 35.5. The SMILES string of the molecule is O=C(O)c1ccnc(-c2ccnc(NCC(O)c3ccccc3Cl)n2)c1. The highest BCUT2D eigenvalue weighted by molar-refractivity contribution is 6.31. The molecule has 0 aliphatic rings. The molecule has 1 aromatic carbocycles. The fraction of sp³-hybridized carbons (Fsp3) is 0.111. The molecule has 0 radical (unpaired) electrons. The van der Waals surface area contributed by atoms with Gasteiger partial charge in [-0.3, -0.25) is 4.98 Å². The third kappa shape index (κ3) is 4.14. The molecule has 132 valence electrons. The number of nitrogens with zero attached hydrogens (tertiary/aromatic N) is 3. The van der Waals surface area contributed by atoms with Gasteiger partial charge >= 0.3 is 5.97 Å². The molecule has 26 heavy (non-hydrogen) atoms. The van der Waals surface area contributed by atoms with Crippen LogP contribution in [0.15, 0.2) is 54.9 Å². The Balaban J connectivity index is 1.75. The van der Waals surface area contributed by atoms with E-state index in [0.29, 0.717) is 22.0 Å². The molecule has 2 aromatic heterocycles. The van der Waals surface area contributed by atoms with Crippen LogP contribution in [0, 0.1) is 0 Å². The van der Waals surface area contributed by atoms with Gasteiger partial charge in [0.2, 0.25) is 5.95 Å². The quantitative estimate of drug-likeness (QED) is 0.612. The van der Waals surface area contributed by atoms with Crippen molar-refractivity contribution in [2.75, 3.05) is 11.9 Å². The predicted molar refractivity (Wildman–Crippen MR) is 97.1 cm³/mol. The first-order chi connectivity index (χ1) is 12.5. The maximum Gasteiger partial charge on any atom is 0.335 e. The Morgan fingerprint density at radius 1 is 1.12 bits per heavy atom. The van der Waals surface area contributed by atoms with Gasteiger partial charge in [0.05, 0.1) is 23.1 Å². The summed E-state index contributed by atoms with van der Waals surface area (Å²) in [6.45, 7) is 0.162. The third-order valence-corrected chi connectivity index (χ3v) is 3.99. The van der Waals surface area contributed by atoms with E-state index in [1.165, 1.54) is 24.5 Å². The first-order valence-electron chi connectivity index (χ1n) is 7.73. The van der Waals surface area contributed by atoms with Crippen LogP contribution in [0.3, 0.4) is 0 Å². The van der Waals surface area contributed by atoms with Crippen LogP contribution in [-0.4, -0.2) is 37.7 Å². The molecule has 0 aliphatic heterocycles. The van der Waals surface area contributed by atoms with Crippen LogP contribution in [-0.2, 0) is 0 Å². The number of halogens is 1. The van der Waals surface area contributed by atoms with Crippen molar-refractivity contribution in [3.05, 3.63) is 71.0 Å². The Morgan fingerprint density at radius 3 is 2.65 bits per heavy atom. The Labute approximate surface area is 154 Å². The molecule has 1 atom stereocenters. The third-order valence-electron chi connectivity index (χ3n) is 3.64. The summed E-state index contributed by atoms with van der Waals surface area (Å²) in [6.07, 6.45) is 2.11. The molecule has 0 bridgehead atoms. The Morgan fingerprint density at radius 2 is 1.88 bits per heavy atom. The molecular formula is C18H15ClN4O3. The van der Waals surface area contributed by atoms with Gasteiger partial charge in [0.15, 0.2) is 0 Å². The van der Waals surface area contributed by atoms with E-state index >= 15 is 0 Å². The van der Waals surface area contributed by atoms with E-state index in [-0.39, 0.29) is 18.1 Å². The second-order valence-corrected chi connectivity index (χ2v) is 5.83. The van der Waals surface area contributed by atoms with Crippen molar-refractivity contribution in [3.8, 4) is 11.4 Å². The minimum Gasteiger partial charge on any atom is -0.478 e. The Hall–Kier alpha value is -3.03. The molecular weight excluding hydrogens is 356 g/mol. The summed E-state index contributed by atoms with van der Waals surface area (Å²) in [5.74, 6) is -0.750. The first-order valence-corrected chi connectivity index (χ1v) is 8.11. The lowest BCUT2D eigenvalue weighted by Crippen LogP contribution is -2.14. The molecule has 7 nitrogen and oxygen atoms in total. The van der Waals surface area contributed by atoms with Crippen molar-refractivity contribution in [2.24, 2.45) is 0 Å². The number of aliphatic hydroxyl groups is 1. The van der Waals surface area contributed by atoms with Gasteiger partial charge in [0, 0.05) is 29.5 Å². The zero-order valence-corrected chi connectivity index (χ0v) is 14.3. The number of aromatic nitrogens is 3. The van der Waals surface area contributed by atoms with Crippen LogP contribution in [0.5, 0.6) is 0 Å². The average Bonchev–Trinajstić information content (AvgIpc) is 2.67. The minimum atomic E-state index is -1.04. The summed E-state index contributed by atoms with van der Waals surface area (Å²) in [6, 6.07) is 11.5. The molecule has 0 fully saturated rings. The van der Waals surface area contributed by atoms with Crippen LogP contribution in [0.2, 0.25) is 5.02 Å². The fourth-order valence-corrected chi connectivity index (χ4v) is 2.60.